The second-order valence-electron chi connectivity index (χ2n) is 4.44. The molecular weight excluding hydrogens is 266 g/mol. The van der Waals surface area contributed by atoms with Crippen molar-refractivity contribution >= 4 is 22.1 Å². The predicted molar refractivity (Wildman–Crippen MR) is 73.8 cm³/mol. The Morgan fingerprint density at radius 2 is 1.84 bits per heavy atom. The van der Waals surface area contributed by atoms with Crippen LogP contribution in [0, 0.1) is 5.92 Å². The van der Waals surface area contributed by atoms with Crippen LogP contribution in [0.1, 0.15) is 19.4 Å². The fraction of sp³-hybridized carbons (Fsp3) is 0.308. The van der Waals surface area contributed by atoms with E-state index in [4.69, 9.17) is 5.11 Å². The van der Waals surface area contributed by atoms with Gasteiger partial charge in [0.25, 0.3) is 0 Å². The highest BCUT2D eigenvalue weighted by atomic mass is 32.2. The number of hydrogen-bond donors (Lipinski definition) is 2. The molecule has 0 spiro atoms. The lowest BCUT2D eigenvalue weighted by Crippen LogP contribution is -2.43. The summed E-state index contributed by atoms with van der Waals surface area (Å²) in [5, 5.41) is 9.91. The zero-order chi connectivity index (χ0) is 14.5. The summed E-state index contributed by atoms with van der Waals surface area (Å²) in [5.74, 6) is -1.52. The molecule has 0 saturated carbocycles. The SMILES string of the molecule is CC(C)[C@@H](NS(=O)(=O)/C=C/c1ccccc1)C(=O)O. The van der Waals surface area contributed by atoms with Gasteiger partial charge in [-0.3, -0.25) is 4.79 Å². The van der Waals surface area contributed by atoms with Crippen molar-refractivity contribution in [2.45, 2.75) is 19.9 Å². The molecule has 0 bridgehead atoms. The van der Waals surface area contributed by atoms with E-state index in [1.807, 2.05) is 6.07 Å². The van der Waals surface area contributed by atoms with Crippen molar-refractivity contribution < 1.29 is 18.3 Å². The molecule has 2 N–H and O–H groups in total. The third-order valence-corrected chi connectivity index (χ3v) is 3.54. The first-order chi connectivity index (χ1) is 8.82. The van der Waals surface area contributed by atoms with Gasteiger partial charge in [0.05, 0.1) is 0 Å². The molecule has 0 aromatic heterocycles. The highest BCUT2D eigenvalue weighted by Crippen LogP contribution is 2.07. The van der Waals surface area contributed by atoms with E-state index in [-0.39, 0.29) is 5.92 Å². The Bertz CT molecular complexity index is 549. The summed E-state index contributed by atoms with van der Waals surface area (Å²) in [6, 6.07) is 7.77. The first kappa shape index (κ1) is 15.4. The molecule has 0 amide bonds. The second kappa shape index (κ2) is 6.49. The highest BCUT2D eigenvalue weighted by Gasteiger charge is 2.25. The average molecular weight is 283 g/mol. The van der Waals surface area contributed by atoms with Gasteiger partial charge in [-0.15, -0.1) is 0 Å². The zero-order valence-electron chi connectivity index (χ0n) is 10.8. The number of hydrogen-bond acceptors (Lipinski definition) is 3. The standard InChI is InChI=1S/C13H17NO4S/c1-10(2)12(13(15)16)14-19(17,18)9-8-11-6-4-3-5-7-11/h3-10,12,14H,1-2H3,(H,15,16)/b9-8+/t12-/m1/s1. The number of carbonyl (C=O) groups is 1. The van der Waals surface area contributed by atoms with Crippen LogP contribution in [0.5, 0.6) is 0 Å². The van der Waals surface area contributed by atoms with E-state index in [1.165, 1.54) is 6.08 Å². The van der Waals surface area contributed by atoms with Crippen molar-refractivity contribution in [1.82, 2.24) is 4.72 Å². The average Bonchev–Trinajstić information content (AvgIpc) is 2.34. The maximum atomic E-state index is 11.8. The van der Waals surface area contributed by atoms with E-state index in [1.54, 1.807) is 38.1 Å². The largest absolute Gasteiger partial charge is 0.480 e. The molecule has 104 valence electrons. The topological polar surface area (TPSA) is 83.5 Å². The summed E-state index contributed by atoms with van der Waals surface area (Å²) in [6.07, 6.45) is 1.42. The molecule has 19 heavy (non-hydrogen) atoms. The van der Waals surface area contributed by atoms with Gasteiger partial charge in [-0.1, -0.05) is 44.2 Å². The third-order valence-electron chi connectivity index (χ3n) is 2.46. The van der Waals surface area contributed by atoms with Crippen molar-refractivity contribution in [3.63, 3.8) is 0 Å². The van der Waals surface area contributed by atoms with Gasteiger partial charge in [0.15, 0.2) is 0 Å². The monoisotopic (exact) mass is 283 g/mol. The number of sulfonamides is 1. The van der Waals surface area contributed by atoms with Gasteiger partial charge in [-0.2, -0.15) is 4.72 Å². The van der Waals surface area contributed by atoms with Gasteiger partial charge < -0.3 is 5.11 Å². The molecule has 5 nitrogen and oxygen atoms in total. The van der Waals surface area contributed by atoms with Crippen LogP contribution in [-0.2, 0) is 14.8 Å². The van der Waals surface area contributed by atoms with E-state index in [0.717, 1.165) is 11.0 Å². The Morgan fingerprint density at radius 3 is 2.32 bits per heavy atom. The molecule has 0 aliphatic heterocycles. The van der Waals surface area contributed by atoms with Gasteiger partial charge in [-0.25, -0.2) is 8.42 Å². The van der Waals surface area contributed by atoms with E-state index >= 15 is 0 Å². The number of rotatable bonds is 6. The van der Waals surface area contributed by atoms with Crippen LogP contribution in [0.2, 0.25) is 0 Å². The van der Waals surface area contributed by atoms with Gasteiger partial charge in [0.2, 0.25) is 10.0 Å². The van der Waals surface area contributed by atoms with Gasteiger partial charge in [0, 0.05) is 5.41 Å². The Labute approximate surface area is 113 Å². The molecule has 1 aromatic rings. The molecule has 1 aromatic carbocycles. The first-order valence-electron chi connectivity index (χ1n) is 5.80. The van der Waals surface area contributed by atoms with Crippen LogP contribution in [0.4, 0.5) is 0 Å². The van der Waals surface area contributed by atoms with Crippen molar-refractivity contribution in [3.05, 3.63) is 41.3 Å². The molecule has 0 aliphatic carbocycles. The summed E-state index contributed by atoms with van der Waals surface area (Å²) in [5.41, 5.74) is 0.726. The maximum Gasteiger partial charge on any atom is 0.322 e. The lowest BCUT2D eigenvalue weighted by molar-refractivity contribution is -0.140. The molecule has 0 radical (unpaired) electrons. The molecular formula is C13H17NO4S. The minimum Gasteiger partial charge on any atom is -0.480 e. The molecule has 0 heterocycles. The van der Waals surface area contributed by atoms with Gasteiger partial charge in [0.1, 0.15) is 6.04 Å². The number of nitrogens with one attached hydrogen (secondary N) is 1. The van der Waals surface area contributed by atoms with Crippen molar-refractivity contribution in [2.24, 2.45) is 5.92 Å². The van der Waals surface area contributed by atoms with Crippen molar-refractivity contribution in [1.29, 1.82) is 0 Å². The van der Waals surface area contributed by atoms with E-state index < -0.39 is 22.0 Å². The van der Waals surface area contributed by atoms with Crippen LogP contribution in [-0.4, -0.2) is 25.5 Å². The molecule has 1 atom stereocenters. The highest BCUT2D eigenvalue weighted by molar-refractivity contribution is 7.92. The third kappa shape index (κ3) is 5.23. The second-order valence-corrected chi connectivity index (χ2v) is 6.03. The Balaban J connectivity index is 2.82. The molecule has 1 rings (SSSR count). The van der Waals surface area contributed by atoms with Crippen LogP contribution in [0.3, 0.4) is 0 Å². The number of benzene rings is 1. The molecule has 6 heteroatoms. The number of carboxylic acids is 1. The Kier molecular flexibility index (Phi) is 5.26. The molecule has 0 saturated heterocycles. The summed E-state index contributed by atoms with van der Waals surface area (Å²) in [7, 11) is -3.78. The summed E-state index contributed by atoms with van der Waals surface area (Å²) in [6.45, 7) is 3.28. The van der Waals surface area contributed by atoms with Crippen molar-refractivity contribution in [2.75, 3.05) is 0 Å². The van der Waals surface area contributed by atoms with Crippen LogP contribution >= 0.6 is 0 Å². The normalized spacial score (nSPS) is 13.8. The fourth-order valence-corrected chi connectivity index (χ4v) is 2.56. The summed E-state index contributed by atoms with van der Waals surface area (Å²) >= 11 is 0. The fourth-order valence-electron chi connectivity index (χ4n) is 1.42. The molecule has 0 fully saturated rings. The van der Waals surface area contributed by atoms with Crippen LogP contribution < -0.4 is 4.72 Å². The predicted octanol–water partition coefficient (Wildman–Crippen LogP) is 1.69. The van der Waals surface area contributed by atoms with Gasteiger partial charge >= 0.3 is 5.97 Å². The van der Waals surface area contributed by atoms with Crippen molar-refractivity contribution in [3.8, 4) is 0 Å². The first-order valence-corrected chi connectivity index (χ1v) is 7.35. The Morgan fingerprint density at radius 1 is 1.26 bits per heavy atom. The quantitative estimate of drug-likeness (QED) is 0.832. The zero-order valence-corrected chi connectivity index (χ0v) is 11.6. The number of carboxylic acid groups (broad SMARTS) is 1. The van der Waals surface area contributed by atoms with E-state index in [0.29, 0.717) is 0 Å². The lowest BCUT2D eigenvalue weighted by atomic mass is 10.1. The minimum absolute atomic E-state index is 0.336. The summed E-state index contributed by atoms with van der Waals surface area (Å²) < 4.78 is 25.7. The van der Waals surface area contributed by atoms with Gasteiger partial charge in [-0.05, 0) is 17.6 Å². The van der Waals surface area contributed by atoms with E-state index in [2.05, 4.69) is 4.72 Å². The van der Waals surface area contributed by atoms with E-state index in [9.17, 15) is 13.2 Å². The summed E-state index contributed by atoms with van der Waals surface area (Å²) in [4.78, 5) is 10.9. The molecule has 0 aliphatic rings. The van der Waals surface area contributed by atoms with Crippen LogP contribution in [0.25, 0.3) is 6.08 Å². The maximum absolute atomic E-state index is 11.8. The minimum atomic E-state index is -3.78. The smallest absolute Gasteiger partial charge is 0.322 e. The molecule has 0 unspecified atom stereocenters. The number of aliphatic carboxylic acids is 1. The lowest BCUT2D eigenvalue weighted by Gasteiger charge is -2.16. The Hall–Kier alpha value is -1.66. The van der Waals surface area contributed by atoms with Crippen LogP contribution in [0.15, 0.2) is 35.7 Å².